The Morgan fingerprint density at radius 3 is 1.96 bits per heavy atom. The van der Waals surface area contributed by atoms with Crippen LogP contribution in [0.3, 0.4) is 0 Å². The molecule has 2 aromatic carbocycles. The number of methoxy groups -OCH3 is 3. The van der Waals surface area contributed by atoms with Gasteiger partial charge in [0.2, 0.25) is 5.75 Å². The van der Waals surface area contributed by atoms with Crippen molar-refractivity contribution < 1.29 is 19.0 Å². The van der Waals surface area contributed by atoms with Crippen molar-refractivity contribution in [2.75, 3.05) is 32.0 Å². The number of anilines is 2. The maximum atomic E-state index is 12.5. The van der Waals surface area contributed by atoms with E-state index in [-0.39, 0.29) is 5.91 Å². The van der Waals surface area contributed by atoms with E-state index < -0.39 is 0 Å². The van der Waals surface area contributed by atoms with Crippen molar-refractivity contribution in [3.8, 4) is 17.2 Å². The van der Waals surface area contributed by atoms with Crippen molar-refractivity contribution in [3.05, 3.63) is 42.0 Å². The number of hydrogen-bond donors (Lipinski definition) is 2. The Labute approximate surface area is 147 Å². The van der Waals surface area contributed by atoms with Gasteiger partial charge in [-0.15, -0.1) is 0 Å². The summed E-state index contributed by atoms with van der Waals surface area (Å²) in [5.41, 5.74) is 2.21. The third kappa shape index (κ3) is 3.96. The highest BCUT2D eigenvalue weighted by Crippen LogP contribution is 2.38. The lowest BCUT2D eigenvalue weighted by molar-refractivity contribution is 0.102. The predicted molar refractivity (Wildman–Crippen MR) is 97.1 cm³/mol. The van der Waals surface area contributed by atoms with Gasteiger partial charge >= 0.3 is 0 Å². The summed E-state index contributed by atoms with van der Waals surface area (Å²) in [7, 11) is 4.56. The molecule has 0 radical (unpaired) electrons. The Bertz CT molecular complexity index is 730. The zero-order valence-corrected chi connectivity index (χ0v) is 14.6. The van der Waals surface area contributed by atoms with Crippen molar-refractivity contribution in [2.45, 2.75) is 18.9 Å². The fraction of sp³-hybridized carbons (Fsp3) is 0.316. The molecule has 0 aliphatic heterocycles. The molecule has 6 heteroatoms. The van der Waals surface area contributed by atoms with Crippen LogP contribution in [0.5, 0.6) is 17.2 Å². The SMILES string of the molecule is COc1cc(C(=O)Nc2ccc(NC3CC3)cc2)cc(OC)c1OC. The summed E-state index contributed by atoms with van der Waals surface area (Å²) in [6.45, 7) is 0. The minimum Gasteiger partial charge on any atom is -0.493 e. The second kappa shape index (κ2) is 7.34. The third-order valence-corrected chi connectivity index (χ3v) is 4.02. The van der Waals surface area contributed by atoms with Crippen molar-refractivity contribution >= 4 is 17.3 Å². The van der Waals surface area contributed by atoms with Gasteiger partial charge in [-0.1, -0.05) is 0 Å². The van der Waals surface area contributed by atoms with Gasteiger partial charge < -0.3 is 24.8 Å². The quantitative estimate of drug-likeness (QED) is 0.805. The van der Waals surface area contributed by atoms with E-state index in [2.05, 4.69) is 10.6 Å². The van der Waals surface area contributed by atoms with E-state index in [1.165, 1.54) is 34.2 Å². The predicted octanol–water partition coefficient (Wildman–Crippen LogP) is 3.54. The van der Waals surface area contributed by atoms with Gasteiger partial charge in [-0.3, -0.25) is 4.79 Å². The maximum absolute atomic E-state index is 12.5. The van der Waals surface area contributed by atoms with Crippen LogP contribution in [0.25, 0.3) is 0 Å². The second-order valence-electron chi connectivity index (χ2n) is 5.86. The number of nitrogens with one attached hydrogen (secondary N) is 2. The number of carbonyl (C=O) groups excluding carboxylic acids is 1. The second-order valence-corrected chi connectivity index (χ2v) is 5.86. The minimum atomic E-state index is -0.248. The molecule has 1 amide bonds. The molecule has 0 saturated heterocycles. The van der Waals surface area contributed by atoms with Gasteiger partial charge in [0.1, 0.15) is 0 Å². The van der Waals surface area contributed by atoms with Crippen molar-refractivity contribution in [3.63, 3.8) is 0 Å². The molecule has 6 nitrogen and oxygen atoms in total. The van der Waals surface area contributed by atoms with Gasteiger partial charge in [-0.25, -0.2) is 0 Å². The molecule has 25 heavy (non-hydrogen) atoms. The van der Waals surface area contributed by atoms with E-state index in [0.717, 1.165) is 11.4 Å². The van der Waals surface area contributed by atoms with Crippen molar-refractivity contribution in [1.82, 2.24) is 0 Å². The molecule has 3 rings (SSSR count). The lowest BCUT2D eigenvalue weighted by atomic mass is 10.1. The summed E-state index contributed by atoms with van der Waals surface area (Å²) >= 11 is 0. The minimum absolute atomic E-state index is 0.248. The molecule has 2 aromatic rings. The van der Waals surface area contributed by atoms with E-state index in [4.69, 9.17) is 14.2 Å². The molecule has 0 aromatic heterocycles. The van der Waals surface area contributed by atoms with Crippen LogP contribution in [0.1, 0.15) is 23.2 Å². The number of carbonyl (C=O) groups is 1. The summed E-state index contributed by atoms with van der Waals surface area (Å²) < 4.78 is 15.8. The van der Waals surface area contributed by atoms with E-state index >= 15 is 0 Å². The molecule has 0 unspecified atom stereocenters. The molecule has 1 saturated carbocycles. The Morgan fingerprint density at radius 1 is 0.920 bits per heavy atom. The first kappa shape index (κ1) is 17.0. The normalized spacial score (nSPS) is 13.1. The number of benzene rings is 2. The van der Waals surface area contributed by atoms with Gasteiger partial charge in [-0.2, -0.15) is 0 Å². The summed E-state index contributed by atoms with van der Waals surface area (Å²) in [6, 6.07) is 11.5. The average Bonchev–Trinajstić information content (AvgIpc) is 3.45. The Kier molecular flexibility index (Phi) is 4.97. The van der Waals surface area contributed by atoms with Crippen LogP contribution in [0.2, 0.25) is 0 Å². The fourth-order valence-corrected chi connectivity index (χ4v) is 2.53. The summed E-state index contributed by atoms with van der Waals surface area (Å²) in [5, 5.41) is 6.29. The van der Waals surface area contributed by atoms with E-state index in [1.807, 2.05) is 24.3 Å². The van der Waals surface area contributed by atoms with Gasteiger partial charge in [0.25, 0.3) is 5.91 Å². The summed E-state index contributed by atoms with van der Waals surface area (Å²) in [6.07, 6.45) is 2.44. The molecule has 1 aliphatic carbocycles. The molecule has 1 fully saturated rings. The van der Waals surface area contributed by atoms with Crippen LogP contribution in [0.15, 0.2) is 36.4 Å². The highest BCUT2D eigenvalue weighted by Gasteiger charge is 2.20. The average molecular weight is 342 g/mol. The molecule has 0 heterocycles. The standard InChI is InChI=1S/C19H22N2O4/c1-23-16-10-12(11-17(24-2)18(16)25-3)19(22)21-15-8-6-14(7-9-15)20-13-4-5-13/h6-11,13,20H,4-5H2,1-3H3,(H,21,22). The molecule has 2 N–H and O–H groups in total. The van der Waals surface area contributed by atoms with E-state index in [1.54, 1.807) is 12.1 Å². The van der Waals surface area contributed by atoms with Crippen LogP contribution < -0.4 is 24.8 Å². The number of ether oxygens (including phenoxy) is 3. The first-order valence-electron chi connectivity index (χ1n) is 8.12. The highest BCUT2D eigenvalue weighted by atomic mass is 16.5. The molecule has 1 aliphatic rings. The smallest absolute Gasteiger partial charge is 0.255 e. The monoisotopic (exact) mass is 342 g/mol. The zero-order valence-electron chi connectivity index (χ0n) is 14.6. The molecule has 0 atom stereocenters. The lowest BCUT2D eigenvalue weighted by Crippen LogP contribution is -2.12. The van der Waals surface area contributed by atoms with E-state index in [9.17, 15) is 4.79 Å². The first-order valence-corrected chi connectivity index (χ1v) is 8.12. The number of hydrogen-bond acceptors (Lipinski definition) is 5. The Morgan fingerprint density at radius 2 is 1.48 bits per heavy atom. The van der Waals surface area contributed by atoms with Crippen LogP contribution in [-0.4, -0.2) is 33.3 Å². The maximum Gasteiger partial charge on any atom is 0.255 e. The Hall–Kier alpha value is -2.89. The van der Waals surface area contributed by atoms with Gasteiger partial charge in [0.05, 0.1) is 21.3 Å². The largest absolute Gasteiger partial charge is 0.493 e. The van der Waals surface area contributed by atoms with Gasteiger partial charge in [-0.05, 0) is 49.2 Å². The van der Waals surface area contributed by atoms with Gasteiger partial charge in [0.15, 0.2) is 11.5 Å². The Balaban J connectivity index is 1.75. The van der Waals surface area contributed by atoms with E-state index in [0.29, 0.717) is 28.9 Å². The molecular weight excluding hydrogens is 320 g/mol. The highest BCUT2D eigenvalue weighted by molar-refractivity contribution is 6.05. The summed E-state index contributed by atoms with van der Waals surface area (Å²) in [5.74, 6) is 1.09. The molecule has 0 bridgehead atoms. The lowest BCUT2D eigenvalue weighted by Gasteiger charge is -2.14. The number of amides is 1. The van der Waals surface area contributed by atoms with Crippen LogP contribution in [0.4, 0.5) is 11.4 Å². The van der Waals surface area contributed by atoms with Crippen molar-refractivity contribution in [2.24, 2.45) is 0 Å². The van der Waals surface area contributed by atoms with Gasteiger partial charge in [0, 0.05) is 23.0 Å². The molecule has 132 valence electrons. The first-order chi connectivity index (χ1) is 12.1. The molecular formula is C19H22N2O4. The summed E-state index contributed by atoms with van der Waals surface area (Å²) in [4.78, 5) is 12.5. The third-order valence-electron chi connectivity index (χ3n) is 4.02. The van der Waals surface area contributed by atoms with Crippen LogP contribution >= 0.6 is 0 Å². The zero-order chi connectivity index (χ0) is 17.8. The fourth-order valence-electron chi connectivity index (χ4n) is 2.53. The van der Waals surface area contributed by atoms with Crippen LogP contribution in [0, 0.1) is 0 Å². The van der Waals surface area contributed by atoms with Crippen LogP contribution in [-0.2, 0) is 0 Å². The molecule has 0 spiro atoms. The topological polar surface area (TPSA) is 68.8 Å². The number of rotatable bonds is 7. The van der Waals surface area contributed by atoms with Crippen molar-refractivity contribution in [1.29, 1.82) is 0 Å².